The Bertz CT molecular complexity index is 616. The number of nitrogen functional groups attached to an aromatic ring is 1. The molecule has 0 fully saturated rings. The van der Waals surface area contributed by atoms with Crippen molar-refractivity contribution in [3.63, 3.8) is 0 Å². The number of nitrogens with one attached hydrogen (secondary N) is 1. The number of nitro groups is 1. The molecule has 0 unspecified atom stereocenters. The van der Waals surface area contributed by atoms with Crippen LogP contribution in [-0.4, -0.2) is 20.9 Å². The van der Waals surface area contributed by atoms with Gasteiger partial charge in [0.25, 0.3) is 0 Å². The molecule has 8 nitrogen and oxygen atoms in total. The van der Waals surface area contributed by atoms with Gasteiger partial charge in [-0.15, -0.1) is 11.3 Å². The fourth-order valence-corrected chi connectivity index (χ4v) is 2.55. The van der Waals surface area contributed by atoms with Crippen molar-refractivity contribution in [1.29, 1.82) is 0 Å². The number of anilines is 2. The summed E-state index contributed by atoms with van der Waals surface area (Å²) < 4.78 is 0. The normalized spacial score (nSPS) is 10.7. The first-order chi connectivity index (χ1) is 10.0. The van der Waals surface area contributed by atoms with E-state index in [1.165, 1.54) is 6.20 Å². The molecular formula is C12H16N6O2S. The van der Waals surface area contributed by atoms with E-state index in [2.05, 4.69) is 15.4 Å². The molecule has 0 saturated heterocycles. The van der Waals surface area contributed by atoms with Gasteiger partial charge >= 0.3 is 5.69 Å². The molecule has 0 aliphatic rings. The SMILES string of the molecule is CC(C)N(Cc1cccs1)c1nc(NN)ncc1[N+](=O)[O-]. The van der Waals surface area contributed by atoms with E-state index in [4.69, 9.17) is 5.84 Å². The van der Waals surface area contributed by atoms with Crippen LogP contribution in [-0.2, 0) is 6.54 Å². The van der Waals surface area contributed by atoms with Gasteiger partial charge < -0.3 is 4.90 Å². The number of aromatic nitrogens is 2. The maximum atomic E-state index is 11.2. The smallest absolute Gasteiger partial charge is 0.329 e. The molecule has 0 bridgehead atoms. The number of hydrogen-bond donors (Lipinski definition) is 2. The zero-order valence-electron chi connectivity index (χ0n) is 11.7. The lowest BCUT2D eigenvalue weighted by Crippen LogP contribution is -2.31. The van der Waals surface area contributed by atoms with E-state index in [1.807, 2.05) is 36.3 Å². The van der Waals surface area contributed by atoms with Gasteiger partial charge in [-0.25, -0.2) is 10.8 Å². The fourth-order valence-electron chi connectivity index (χ4n) is 1.85. The van der Waals surface area contributed by atoms with Gasteiger partial charge in [0.05, 0.1) is 11.5 Å². The van der Waals surface area contributed by atoms with Crippen LogP contribution in [0.15, 0.2) is 23.7 Å². The molecule has 2 aromatic heterocycles. The Balaban J connectivity index is 2.45. The molecule has 2 heterocycles. The molecule has 0 saturated carbocycles. The fraction of sp³-hybridized carbons (Fsp3) is 0.333. The van der Waals surface area contributed by atoms with Crippen molar-refractivity contribution in [2.45, 2.75) is 26.4 Å². The van der Waals surface area contributed by atoms with E-state index in [0.717, 1.165) is 4.88 Å². The van der Waals surface area contributed by atoms with Crippen LogP contribution in [0.1, 0.15) is 18.7 Å². The molecule has 2 aromatic rings. The summed E-state index contributed by atoms with van der Waals surface area (Å²) in [5, 5.41) is 13.2. The summed E-state index contributed by atoms with van der Waals surface area (Å²) >= 11 is 1.59. The van der Waals surface area contributed by atoms with Crippen molar-refractivity contribution in [3.05, 3.63) is 38.7 Å². The first-order valence-electron chi connectivity index (χ1n) is 6.30. The van der Waals surface area contributed by atoms with Crippen LogP contribution < -0.4 is 16.2 Å². The maximum Gasteiger partial charge on any atom is 0.329 e. The van der Waals surface area contributed by atoms with Crippen LogP contribution in [0.25, 0.3) is 0 Å². The van der Waals surface area contributed by atoms with Gasteiger partial charge in [-0.2, -0.15) is 4.98 Å². The van der Waals surface area contributed by atoms with Gasteiger partial charge in [0.1, 0.15) is 6.20 Å². The predicted molar refractivity (Wildman–Crippen MR) is 82.1 cm³/mol. The summed E-state index contributed by atoms with van der Waals surface area (Å²) in [6.07, 6.45) is 1.17. The van der Waals surface area contributed by atoms with E-state index in [9.17, 15) is 10.1 Å². The third-order valence-corrected chi connectivity index (χ3v) is 3.74. The molecule has 0 aliphatic heterocycles. The number of nitrogens with two attached hydrogens (primary N) is 1. The van der Waals surface area contributed by atoms with Crippen molar-refractivity contribution in [1.82, 2.24) is 9.97 Å². The highest BCUT2D eigenvalue weighted by Crippen LogP contribution is 2.29. The second-order valence-corrected chi connectivity index (χ2v) is 5.64. The Hall–Kier alpha value is -2.26. The highest BCUT2D eigenvalue weighted by Gasteiger charge is 2.25. The van der Waals surface area contributed by atoms with E-state index >= 15 is 0 Å². The van der Waals surface area contributed by atoms with Crippen molar-refractivity contribution < 1.29 is 4.92 Å². The van der Waals surface area contributed by atoms with Crippen LogP contribution in [0, 0.1) is 10.1 Å². The lowest BCUT2D eigenvalue weighted by atomic mass is 10.2. The number of hydrogen-bond acceptors (Lipinski definition) is 8. The third-order valence-electron chi connectivity index (χ3n) is 2.88. The highest BCUT2D eigenvalue weighted by molar-refractivity contribution is 7.09. The average Bonchev–Trinajstić information content (AvgIpc) is 2.96. The zero-order chi connectivity index (χ0) is 15.4. The molecule has 0 amide bonds. The summed E-state index contributed by atoms with van der Waals surface area (Å²) in [6, 6.07) is 3.96. The molecule has 0 radical (unpaired) electrons. The van der Waals surface area contributed by atoms with Gasteiger partial charge in [-0.1, -0.05) is 6.07 Å². The molecule has 0 atom stereocenters. The summed E-state index contributed by atoms with van der Waals surface area (Å²) in [5.41, 5.74) is 2.18. The second-order valence-electron chi connectivity index (χ2n) is 4.60. The largest absolute Gasteiger partial charge is 0.343 e. The summed E-state index contributed by atoms with van der Waals surface area (Å²) in [6.45, 7) is 4.45. The molecule has 112 valence electrons. The topological polar surface area (TPSA) is 110 Å². The van der Waals surface area contributed by atoms with Crippen LogP contribution in [0.5, 0.6) is 0 Å². The Labute approximate surface area is 125 Å². The van der Waals surface area contributed by atoms with Crippen LogP contribution in [0.2, 0.25) is 0 Å². The Kier molecular flexibility index (Phi) is 4.66. The van der Waals surface area contributed by atoms with E-state index in [1.54, 1.807) is 11.3 Å². The average molecular weight is 308 g/mol. The van der Waals surface area contributed by atoms with Crippen molar-refractivity contribution >= 4 is 28.8 Å². The van der Waals surface area contributed by atoms with Gasteiger partial charge in [-0.3, -0.25) is 15.5 Å². The summed E-state index contributed by atoms with van der Waals surface area (Å²) in [4.78, 5) is 21.6. The quantitative estimate of drug-likeness (QED) is 0.478. The number of thiophene rings is 1. The third kappa shape index (κ3) is 3.44. The van der Waals surface area contributed by atoms with E-state index < -0.39 is 4.92 Å². The Morgan fingerprint density at radius 1 is 1.57 bits per heavy atom. The standard InChI is InChI=1S/C12H16N6O2S/c1-8(2)17(7-9-4-3-5-21-9)11-10(18(19)20)6-14-12(15-11)16-13/h3-6,8H,7,13H2,1-2H3,(H,14,15,16). The number of nitrogens with zero attached hydrogens (tertiary/aromatic N) is 4. The first kappa shape index (κ1) is 15.1. The van der Waals surface area contributed by atoms with Crippen LogP contribution in [0.4, 0.5) is 17.5 Å². The van der Waals surface area contributed by atoms with Gasteiger partial charge in [0.2, 0.25) is 11.8 Å². The molecule has 0 aliphatic carbocycles. The predicted octanol–water partition coefficient (Wildman–Crippen LogP) is 2.15. The van der Waals surface area contributed by atoms with Crippen molar-refractivity contribution in [2.24, 2.45) is 5.84 Å². The van der Waals surface area contributed by atoms with Crippen molar-refractivity contribution in [2.75, 3.05) is 10.3 Å². The lowest BCUT2D eigenvalue weighted by molar-refractivity contribution is -0.384. The minimum atomic E-state index is -0.487. The second kappa shape index (κ2) is 6.46. The van der Waals surface area contributed by atoms with Crippen LogP contribution in [0.3, 0.4) is 0 Å². The molecule has 9 heteroatoms. The monoisotopic (exact) mass is 308 g/mol. The van der Waals surface area contributed by atoms with E-state index in [-0.39, 0.29) is 23.5 Å². The minimum Gasteiger partial charge on any atom is -0.343 e. The minimum absolute atomic E-state index is 0.0336. The molecule has 2 rings (SSSR count). The van der Waals surface area contributed by atoms with Gasteiger partial charge in [0, 0.05) is 10.9 Å². The summed E-state index contributed by atoms with van der Waals surface area (Å²) in [7, 11) is 0. The molecular weight excluding hydrogens is 292 g/mol. The summed E-state index contributed by atoms with van der Waals surface area (Å²) in [5.74, 6) is 5.70. The van der Waals surface area contributed by atoms with E-state index in [0.29, 0.717) is 6.54 Å². The zero-order valence-corrected chi connectivity index (χ0v) is 12.5. The molecule has 3 N–H and O–H groups in total. The first-order valence-corrected chi connectivity index (χ1v) is 7.18. The highest BCUT2D eigenvalue weighted by atomic mass is 32.1. The Morgan fingerprint density at radius 2 is 2.33 bits per heavy atom. The number of hydrazine groups is 1. The molecule has 0 aromatic carbocycles. The molecule has 21 heavy (non-hydrogen) atoms. The van der Waals surface area contributed by atoms with Gasteiger partial charge in [0.15, 0.2) is 0 Å². The van der Waals surface area contributed by atoms with Gasteiger partial charge in [-0.05, 0) is 25.3 Å². The molecule has 0 spiro atoms. The number of rotatable bonds is 6. The van der Waals surface area contributed by atoms with Crippen molar-refractivity contribution in [3.8, 4) is 0 Å². The lowest BCUT2D eigenvalue weighted by Gasteiger charge is -2.27. The van der Waals surface area contributed by atoms with Crippen LogP contribution >= 0.6 is 11.3 Å². The maximum absolute atomic E-state index is 11.2. The Morgan fingerprint density at radius 3 is 2.86 bits per heavy atom.